The number of esters is 2. The van der Waals surface area contributed by atoms with Crippen LogP contribution in [0.2, 0.25) is 0 Å². The van der Waals surface area contributed by atoms with Crippen molar-refractivity contribution < 1.29 is 24.4 Å². The summed E-state index contributed by atoms with van der Waals surface area (Å²) in [5.41, 5.74) is -0.445. The van der Waals surface area contributed by atoms with Gasteiger partial charge in [0.25, 0.3) is 0 Å². The van der Waals surface area contributed by atoms with Crippen LogP contribution in [0.25, 0.3) is 0 Å². The van der Waals surface area contributed by atoms with Gasteiger partial charge in [0.15, 0.2) is 5.75 Å². The molecule has 5 nitrogen and oxygen atoms in total. The Balaban J connectivity index is 1.77. The summed E-state index contributed by atoms with van der Waals surface area (Å²) in [6.45, 7) is 6.17. The summed E-state index contributed by atoms with van der Waals surface area (Å²) in [5, 5.41) is 2.30. The van der Waals surface area contributed by atoms with Gasteiger partial charge in [0, 0.05) is 35.2 Å². The molecule has 0 aliphatic carbocycles. The molecule has 0 unspecified atom stereocenters. The third-order valence-corrected chi connectivity index (χ3v) is 6.96. The zero-order valence-corrected chi connectivity index (χ0v) is 22.0. The summed E-state index contributed by atoms with van der Waals surface area (Å²) in [6.07, 6.45) is 3.01. The molecular formula is C19H25I3NO4+. The number of ether oxygens (including phenoxy) is 2. The maximum Gasteiger partial charge on any atom is 0.311 e. The number of hydrogen-bond acceptors (Lipinski definition) is 4. The molecule has 0 amide bonds. The van der Waals surface area contributed by atoms with Crippen LogP contribution in [0.1, 0.15) is 46.0 Å². The SMILES string of the molecule is CC(C)(OC(=O)CCCC(=O)Oc1c(I)cc(I)cc1I)C1CC[NH2+]CC1. The lowest BCUT2D eigenvalue weighted by Gasteiger charge is -2.35. The van der Waals surface area contributed by atoms with Crippen molar-refractivity contribution in [3.63, 3.8) is 0 Å². The van der Waals surface area contributed by atoms with Crippen LogP contribution in [0.5, 0.6) is 5.75 Å². The molecule has 27 heavy (non-hydrogen) atoms. The minimum Gasteiger partial charge on any atom is -0.459 e. The molecule has 8 heteroatoms. The molecular weight excluding hydrogens is 687 g/mol. The summed E-state index contributed by atoms with van der Waals surface area (Å²) >= 11 is 6.57. The Morgan fingerprint density at radius 2 is 1.63 bits per heavy atom. The number of carbonyl (C=O) groups is 2. The number of halogens is 3. The Labute approximate surface area is 201 Å². The molecule has 0 spiro atoms. The number of benzene rings is 1. The third kappa shape index (κ3) is 7.57. The maximum absolute atomic E-state index is 12.2. The maximum atomic E-state index is 12.2. The second-order valence-electron chi connectivity index (χ2n) is 7.24. The monoisotopic (exact) mass is 712 g/mol. The minimum atomic E-state index is -0.445. The highest BCUT2D eigenvalue weighted by Gasteiger charge is 2.35. The van der Waals surface area contributed by atoms with E-state index in [2.05, 4.69) is 73.1 Å². The lowest BCUT2D eigenvalue weighted by Crippen LogP contribution is -2.86. The molecule has 0 radical (unpaired) electrons. The summed E-state index contributed by atoms with van der Waals surface area (Å²) in [4.78, 5) is 24.3. The second kappa shape index (κ2) is 10.9. The fourth-order valence-electron chi connectivity index (χ4n) is 3.22. The lowest BCUT2D eigenvalue weighted by molar-refractivity contribution is -0.665. The average molecular weight is 712 g/mol. The Kier molecular flexibility index (Phi) is 9.53. The third-order valence-electron chi connectivity index (χ3n) is 4.74. The van der Waals surface area contributed by atoms with Gasteiger partial charge in [-0.1, -0.05) is 0 Å². The van der Waals surface area contributed by atoms with Gasteiger partial charge in [-0.3, -0.25) is 9.59 Å². The molecule has 2 N–H and O–H groups in total. The minimum absolute atomic E-state index is 0.200. The fourth-order valence-corrected chi connectivity index (χ4v) is 7.02. The van der Waals surface area contributed by atoms with E-state index in [1.54, 1.807) is 0 Å². The highest BCUT2D eigenvalue weighted by molar-refractivity contribution is 14.1. The van der Waals surface area contributed by atoms with Crippen molar-refractivity contribution in [2.24, 2.45) is 5.92 Å². The van der Waals surface area contributed by atoms with E-state index in [-0.39, 0.29) is 24.8 Å². The molecule has 1 fully saturated rings. The number of piperidine rings is 1. The molecule has 1 saturated heterocycles. The van der Waals surface area contributed by atoms with Crippen molar-refractivity contribution in [1.82, 2.24) is 0 Å². The van der Waals surface area contributed by atoms with Crippen LogP contribution in [0.3, 0.4) is 0 Å². The molecule has 1 heterocycles. The molecule has 1 aromatic carbocycles. The zero-order chi connectivity index (χ0) is 20.0. The molecule has 0 saturated carbocycles. The molecule has 0 atom stereocenters. The molecule has 2 rings (SSSR count). The van der Waals surface area contributed by atoms with Crippen molar-refractivity contribution >= 4 is 79.7 Å². The number of rotatable bonds is 7. The van der Waals surface area contributed by atoms with Gasteiger partial charge in [-0.2, -0.15) is 0 Å². The van der Waals surface area contributed by atoms with Gasteiger partial charge in [0.2, 0.25) is 0 Å². The van der Waals surface area contributed by atoms with E-state index in [0.29, 0.717) is 18.1 Å². The number of hydrogen-bond donors (Lipinski definition) is 1. The second-order valence-corrected chi connectivity index (χ2v) is 10.8. The van der Waals surface area contributed by atoms with Crippen LogP contribution >= 0.6 is 67.8 Å². The quantitative estimate of drug-likeness (QED) is 0.265. The van der Waals surface area contributed by atoms with Crippen molar-refractivity contribution in [1.29, 1.82) is 0 Å². The summed E-state index contributed by atoms with van der Waals surface area (Å²) in [6, 6.07) is 3.93. The van der Waals surface area contributed by atoms with Crippen molar-refractivity contribution in [2.75, 3.05) is 13.1 Å². The van der Waals surface area contributed by atoms with E-state index in [1.165, 1.54) is 0 Å². The van der Waals surface area contributed by atoms with E-state index in [1.807, 2.05) is 26.0 Å². The number of nitrogens with two attached hydrogens (primary N) is 1. The fraction of sp³-hybridized carbons (Fsp3) is 0.579. The Morgan fingerprint density at radius 1 is 1.07 bits per heavy atom. The van der Waals surface area contributed by atoms with Gasteiger partial charge in [0.1, 0.15) is 5.60 Å². The summed E-state index contributed by atoms with van der Waals surface area (Å²) in [7, 11) is 0. The van der Waals surface area contributed by atoms with Crippen molar-refractivity contribution in [2.45, 2.75) is 51.6 Å². The van der Waals surface area contributed by atoms with Crippen LogP contribution in [0.15, 0.2) is 12.1 Å². The van der Waals surface area contributed by atoms with Gasteiger partial charge in [-0.05, 0) is 100 Å². The van der Waals surface area contributed by atoms with Crippen molar-refractivity contribution in [3.8, 4) is 5.75 Å². The smallest absolute Gasteiger partial charge is 0.311 e. The molecule has 150 valence electrons. The van der Waals surface area contributed by atoms with Crippen LogP contribution in [0, 0.1) is 16.6 Å². The normalized spacial score (nSPS) is 15.4. The lowest BCUT2D eigenvalue weighted by atomic mass is 9.83. The molecule has 0 aromatic heterocycles. The summed E-state index contributed by atoms with van der Waals surface area (Å²) in [5.74, 6) is 0.448. The van der Waals surface area contributed by atoms with E-state index in [9.17, 15) is 9.59 Å². The predicted octanol–water partition coefficient (Wildman–Crippen LogP) is 3.87. The largest absolute Gasteiger partial charge is 0.459 e. The van der Waals surface area contributed by atoms with Crippen LogP contribution in [-0.4, -0.2) is 30.6 Å². The zero-order valence-electron chi connectivity index (χ0n) is 15.5. The molecule has 0 bridgehead atoms. The van der Waals surface area contributed by atoms with Crippen LogP contribution in [0.4, 0.5) is 0 Å². The van der Waals surface area contributed by atoms with Gasteiger partial charge in [0.05, 0.1) is 20.2 Å². The Hall–Kier alpha value is 0.310. The highest BCUT2D eigenvalue weighted by atomic mass is 127. The highest BCUT2D eigenvalue weighted by Crippen LogP contribution is 2.30. The van der Waals surface area contributed by atoms with E-state index >= 15 is 0 Å². The first-order valence-electron chi connectivity index (χ1n) is 9.08. The van der Waals surface area contributed by atoms with Gasteiger partial charge >= 0.3 is 11.9 Å². The van der Waals surface area contributed by atoms with E-state index in [0.717, 1.165) is 36.6 Å². The van der Waals surface area contributed by atoms with Crippen LogP contribution < -0.4 is 10.1 Å². The first-order valence-corrected chi connectivity index (χ1v) is 12.3. The van der Waals surface area contributed by atoms with Crippen molar-refractivity contribution in [3.05, 3.63) is 22.8 Å². The number of carbonyl (C=O) groups excluding carboxylic acids is 2. The molecule has 1 aliphatic heterocycles. The van der Waals surface area contributed by atoms with Crippen LogP contribution in [-0.2, 0) is 14.3 Å². The van der Waals surface area contributed by atoms with E-state index < -0.39 is 5.60 Å². The topological polar surface area (TPSA) is 69.2 Å². The first-order chi connectivity index (χ1) is 12.7. The average Bonchev–Trinajstić information content (AvgIpc) is 2.58. The van der Waals surface area contributed by atoms with E-state index in [4.69, 9.17) is 9.47 Å². The number of quaternary nitrogens is 1. The Bertz CT molecular complexity index is 665. The van der Waals surface area contributed by atoms with Gasteiger partial charge in [-0.25, -0.2) is 0 Å². The molecule has 1 aromatic rings. The standard InChI is InChI=1S/C19H24I3NO4/c1-19(2,12-6-8-23-9-7-12)27-17(25)5-3-4-16(24)26-18-14(21)10-13(20)11-15(18)22/h10-12,23H,3-9H2,1-2H3/p+1. The predicted molar refractivity (Wildman–Crippen MR) is 129 cm³/mol. The Morgan fingerprint density at radius 3 is 2.22 bits per heavy atom. The molecule has 1 aliphatic rings. The van der Waals surface area contributed by atoms with Gasteiger partial charge in [-0.15, -0.1) is 0 Å². The summed E-state index contributed by atoms with van der Waals surface area (Å²) < 4.78 is 14.1. The van der Waals surface area contributed by atoms with Gasteiger partial charge < -0.3 is 14.8 Å². The first kappa shape index (κ1) is 23.6.